The molecule has 5 heteroatoms. The Labute approximate surface area is 174 Å². The second kappa shape index (κ2) is 9.79. The van der Waals surface area contributed by atoms with Gasteiger partial charge in [0.2, 0.25) is 0 Å². The van der Waals surface area contributed by atoms with Crippen LogP contribution in [-0.4, -0.2) is 33.2 Å². The summed E-state index contributed by atoms with van der Waals surface area (Å²) in [6, 6.07) is 11.5. The van der Waals surface area contributed by atoms with Crippen molar-refractivity contribution in [2.75, 3.05) is 32.1 Å². The fourth-order valence-corrected chi connectivity index (χ4v) is 3.95. The highest BCUT2D eigenvalue weighted by Gasteiger charge is 2.28. The predicted molar refractivity (Wildman–Crippen MR) is 117 cm³/mol. The van der Waals surface area contributed by atoms with Gasteiger partial charge in [-0.3, -0.25) is 0 Å². The van der Waals surface area contributed by atoms with Crippen molar-refractivity contribution in [1.29, 1.82) is 0 Å². The molecule has 2 aromatic carbocycles. The van der Waals surface area contributed by atoms with E-state index in [-0.39, 0.29) is 12.0 Å². The van der Waals surface area contributed by atoms with Crippen molar-refractivity contribution in [2.45, 2.75) is 45.6 Å². The lowest BCUT2D eigenvalue weighted by Crippen LogP contribution is -2.22. The molecule has 0 amide bonds. The van der Waals surface area contributed by atoms with E-state index in [1.54, 1.807) is 12.1 Å². The van der Waals surface area contributed by atoms with Gasteiger partial charge in [-0.25, -0.2) is 4.79 Å². The molecule has 1 aliphatic rings. The van der Waals surface area contributed by atoms with E-state index in [0.29, 0.717) is 23.7 Å². The summed E-state index contributed by atoms with van der Waals surface area (Å²) in [4.78, 5) is 15.2. The Kier molecular flexibility index (Phi) is 7.15. The number of benzene rings is 2. The zero-order valence-corrected chi connectivity index (χ0v) is 18.0. The number of anilines is 1. The van der Waals surface area contributed by atoms with Crippen LogP contribution in [0.5, 0.6) is 11.5 Å². The van der Waals surface area contributed by atoms with E-state index in [0.717, 1.165) is 43.5 Å². The number of rotatable bonds is 8. The molecule has 1 unspecified atom stereocenters. The Morgan fingerprint density at radius 3 is 2.62 bits per heavy atom. The molecule has 0 saturated carbocycles. The lowest BCUT2D eigenvalue weighted by atomic mass is 9.94. The molecule has 156 valence electrons. The predicted octanol–water partition coefficient (Wildman–Crippen LogP) is 4.88. The van der Waals surface area contributed by atoms with E-state index >= 15 is 0 Å². The smallest absolute Gasteiger partial charge is 0.347 e. The minimum absolute atomic E-state index is 0.277. The largest absolute Gasteiger partial charge is 0.493 e. The first kappa shape index (κ1) is 21.2. The van der Waals surface area contributed by atoms with Crippen molar-refractivity contribution < 1.29 is 14.3 Å². The molecule has 0 aliphatic carbocycles. The Hall–Kier alpha value is -2.53. The van der Waals surface area contributed by atoms with E-state index < -0.39 is 0 Å². The maximum atomic E-state index is 13.2. The van der Waals surface area contributed by atoms with Crippen molar-refractivity contribution in [1.82, 2.24) is 5.32 Å². The second-order valence-electron chi connectivity index (χ2n) is 7.76. The average molecular weight is 397 g/mol. The third-order valence-electron chi connectivity index (χ3n) is 5.33. The number of carbonyl (C=O) groups excluding carboxylic acids is 1. The summed E-state index contributed by atoms with van der Waals surface area (Å²) in [6.45, 7) is 5.71. The van der Waals surface area contributed by atoms with E-state index in [2.05, 4.69) is 17.1 Å². The quantitative estimate of drug-likeness (QED) is 0.391. The molecule has 1 heterocycles. The number of hydrogen-bond donors (Lipinski definition) is 1. The molecule has 0 radical (unpaired) electrons. The van der Waals surface area contributed by atoms with Gasteiger partial charge in [0.25, 0.3) is 0 Å². The first-order chi connectivity index (χ1) is 14.0. The summed E-state index contributed by atoms with van der Waals surface area (Å²) in [5, 5.41) is 3.58. The van der Waals surface area contributed by atoms with Gasteiger partial charge in [0, 0.05) is 25.8 Å². The number of nitrogens with zero attached hydrogens (tertiary/aromatic N) is 1. The van der Waals surface area contributed by atoms with Crippen LogP contribution in [0.1, 0.15) is 60.1 Å². The third-order valence-corrected chi connectivity index (χ3v) is 5.33. The van der Waals surface area contributed by atoms with Gasteiger partial charge in [0.05, 0.1) is 6.61 Å². The fraction of sp³-hybridized carbons (Fsp3) is 0.458. The SMILES string of the molecule is CCCCOc1cc(C2CCCN2)c(N(C)C)c(C)c1C(=O)Oc1ccccc1. The lowest BCUT2D eigenvalue weighted by molar-refractivity contribution is 0.0729. The van der Waals surface area contributed by atoms with Gasteiger partial charge in [-0.1, -0.05) is 31.5 Å². The van der Waals surface area contributed by atoms with Crippen LogP contribution in [0.4, 0.5) is 5.69 Å². The van der Waals surface area contributed by atoms with Crippen LogP contribution in [0.25, 0.3) is 0 Å². The van der Waals surface area contributed by atoms with Gasteiger partial charge in [-0.2, -0.15) is 0 Å². The van der Waals surface area contributed by atoms with Crippen LogP contribution >= 0.6 is 0 Å². The van der Waals surface area contributed by atoms with Crippen LogP contribution in [0, 0.1) is 6.92 Å². The molecule has 0 aromatic heterocycles. The highest BCUT2D eigenvalue weighted by Crippen LogP contribution is 2.40. The number of unbranched alkanes of at least 4 members (excludes halogenated alkanes) is 1. The monoisotopic (exact) mass is 396 g/mol. The highest BCUT2D eigenvalue weighted by molar-refractivity contribution is 5.98. The fourth-order valence-electron chi connectivity index (χ4n) is 3.95. The van der Waals surface area contributed by atoms with E-state index in [4.69, 9.17) is 9.47 Å². The van der Waals surface area contributed by atoms with E-state index in [9.17, 15) is 4.79 Å². The van der Waals surface area contributed by atoms with Crippen molar-refractivity contribution in [3.05, 3.63) is 53.1 Å². The number of hydrogen-bond acceptors (Lipinski definition) is 5. The number of carbonyl (C=O) groups is 1. The van der Waals surface area contributed by atoms with Crippen LogP contribution in [0.15, 0.2) is 36.4 Å². The molecular formula is C24H32N2O3. The summed E-state index contributed by atoms with van der Waals surface area (Å²) in [5.74, 6) is 0.768. The molecular weight excluding hydrogens is 364 g/mol. The van der Waals surface area contributed by atoms with E-state index in [1.807, 2.05) is 45.3 Å². The van der Waals surface area contributed by atoms with Crippen LogP contribution in [0.2, 0.25) is 0 Å². The highest BCUT2D eigenvalue weighted by atomic mass is 16.5. The lowest BCUT2D eigenvalue weighted by Gasteiger charge is -2.27. The molecule has 1 fully saturated rings. The molecule has 0 spiro atoms. The van der Waals surface area contributed by atoms with Crippen molar-refractivity contribution in [3.8, 4) is 11.5 Å². The summed E-state index contributed by atoms with van der Waals surface area (Å²) in [6.07, 6.45) is 4.22. The van der Waals surface area contributed by atoms with Crippen LogP contribution in [0.3, 0.4) is 0 Å². The Morgan fingerprint density at radius 2 is 2.00 bits per heavy atom. The van der Waals surface area contributed by atoms with Crippen molar-refractivity contribution in [2.24, 2.45) is 0 Å². The van der Waals surface area contributed by atoms with Gasteiger partial charge >= 0.3 is 5.97 Å². The molecule has 1 aliphatic heterocycles. The molecule has 2 aromatic rings. The number of ether oxygens (including phenoxy) is 2. The summed E-state index contributed by atoms with van der Waals surface area (Å²) < 4.78 is 11.8. The molecule has 1 atom stereocenters. The molecule has 1 saturated heterocycles. The third kappa shape index (κ3) is 4.91. The number of para-hydroxylation sites is 1. The summed E-state index contributed by atoms with van der Waals surface area (Å²) in [5.41, 5.74) is 3.66. The average Bonchev–Trinajstić information content (AvgIpc) is 3.23. The maximum absolute atomic E-state index is 13.2. The topological polar surface area (TPSA) is 50.8 Å². The van der Waals surface area contributed by atoms with Crippen molar-refractivity contribution >= 4 is 11.7 Å². The first-order valence-electron chi connectivity index (χ1n) is 10.5. The summed E-state index contributed by atoms with van der Waals surface area (Å²) >= 11 is 0. The Morgan fingerprint density at radius 1 is 1.24 bits per heavy atom. The second-order valence-corrected chi connectivity index (χ2v) is 7.76. The molecule has 0 bridgehead atoms. The van der Waals surface area contributed by atoms with Crippen LogP contribution < -0.4 is 19.7 Å². The molecule has 5 nitrogen and oxygen atoms in total. The zero-order chi connectivity index (χ0) is 20.8. The van der Waals surface area contributed by atoms with Crippen LogP contribution in [-0.2, 0) is 0 Å². The number of nitrogens with one attached hydrogen (secondary N) is 1. The Bertz CT molecular complexity index is 828. The van der Waals surface area contributed by atoms with E-state index in [1.165, 1.54) is 5.56 Å². The van der Waals surface area contributed by atoms with Gasteiger partial charge in [0.1, 0.15) is 17.1 Å². The van der Waals surface area contributed by atoms with Gasteiger partial charge in [-0.05, 0) is 62.1 Å². The first-order valence-corrected chi connectivity index (χ1v) is 10.5. The van der Waals surface area contributed by atoms with Crippen molar-refractivity contribution in [3.63, 3.8) is 0 Å². The number of esters is 1. The Balaban J connectivity index is 2.05. The van der Waals surface area contributed by atoms with Gasteiger partial charge < -0.3 is 19.7 Å². The minimum atomic E-state index is -0.380. The van der Waals surface area contributed by atoms with Gasteiger partial charge in [-0.15, -0.1) is 0 Å². The molecule has 3 rings (SSSR count). The van der Waals surface area contributed by atoms with Gasteiger partial charge in [0.15, 0.2) is 0 Å². The molecule has 29 heavy (non-hydrogen) atoms. The zero-order valence-electron chi connectivity index (χ0n) is 18.0. The minimum Gasteiger partial charge on any atom is -0.493 e. The normalized spacial score (nSPS) is 15.9. The standard InChI is InChI=1S/C24H32N2O3/c1-5-6-15-28-21-16-19(20-13-10-14-25-20)23(26(3)4)17(2)22(21)24(27)29-18-11-8-7-9-12-18/h7-9,11-12,16,20,25H,5-6,10,13-15H2,1-4H3. The maximum Gasteiger partial charge on any atom is 0.347 e. The molecule has 1 N–H and O–H groups in total. The summed E-state index contributed by atoms with van der Waals surface area (Å²) in [7, 11) is 4.04.